The van der Waals surface area contributed by atoms with E-state index >= 15 is 0 Å². The first kappa shape index (κ1) is 22.0. The lowest BCUT2D eigenvalue weighted by Gasteiger charge is -2.70. The van der Waals surface area contributed by atoms with Crippen LogP contribution in [0.15, 0.2) is 23.8 Å². The smallest absolute Gasteiger partial charge is 0.142 e. The van der Waals surface area contributed by atoms with E-state index in [1.165, 1.54) is 31.3 Å². The van der Waals surface area contributed by atoms with Crippen LogP contribution in [0.2, 0.25) is 0 Å². The van der Waals surface area contributed by atoms with Crippen LogP contribution in [0, 0.1) is 56.7 Å². The number of hydrogen-bond acceptors (Lipinski definition) is 1. The molecule has 5 aliphatic carbocycles. The number of rotatable bonds is 0. The molecule has 3 saturated carbocycles. The lowest BCUT2D eigenvalue weighted by atomic mass is 9.34. The number of carbonyl (C=O) groups is 1. The van der Waals surface area contributed by atoms with Gasteiger partial charge in [-0.15, -0.1) is 0 Å². The molecule has 5 aliphatic rings. The fourth-order valence-electron chi connectivity index (χ4n) is 10.2. The lowest BCUT2D eigenvalue weighted by molar-refractivity contribution is -0.162. The van der Waals surface area contributed by atoms with Gasteiger partial charge in [-0.25, -0.2) is 0 Å². The van der Waals surface area contributed by atoms with E-state index in [2.05, 4.69) is 73.6 Å². The van der Waals surface area contributed by atoms with Gasteiger partial charge < -0.3 is 0 Å². The largest absolute Gasteiger partial charge is 0.299 e. The molecular weight excluding hydrogens is 376 g/mol. The lowest BCUT2D eigenvalue weighted by Crippen LogP contribution is -2.63. The second-order valence-electron chi connectivity index (χ2n) is 14.0. The highest BCUT2D eigenvalue weighted by molar-refractivity contribution is 5.89. The number of carbonyl (C=O) groups excluding carboxylic acids is 1. The van der Waals surface area contributed by atoms with Gasteiger partial charge in [-0.1, -0.05) is 65.3 Å². The van der Waals surface area contributed by atoms with Gasteiger partial charge in [-0.05, 0) is 104 Å². The number of fused-ring (bicyclic) bond motifs is 7. The van der Waals surface area contributed by atoms with Gasteiger partial charge in [0.05, 0.1) is 0 Å². The molecule has 0 spiro atoms. The molecule has 0 heterocycles. The number of ketones is 1. The van der Waals surface area contributed by atoms with E-state index in [9.17, 15) is 4.79 Å². The SMILES string of the molecule is C[C@@H]1[C@H]2[C@H]3CC[C@@H]4[C@@]5(C)CCC(=O)C(C)(C)C5=CC[C@@]4(C)[C@]3(C)C=C[C@@]2(C)CC[C@H]1C. The van der Waals surface area contributed by atoms with Crippen LogP contribution in [0.5, 0.6) is 0 Å². The molecule has 1 nitrogen and oxygen atoms in total. The normalized spacial score (nSPS) is 55.4. The third kappa shape index (κ3) is 2.53. The maximum absolute atomic E-state index is 12.9. The maximum atomic E-state index is 12.9. The van der Waals surface area contributed by atoms with E-state index in [0.717, 1.165) is 42.9 Å². The van der Waals surface area contributed by atoms with Gasteiger partial charge in [0.1, 0.15) is 5.78 Å². The molecule has 0 amide bonds. The molecule has 172 valence electrons. The second kappa shape index (κ2) is 6.38. The Morgan fingerprint density at radius 2 is 1.61 bits per heavy atom. The van der Waals surface area contributed by atoms with Gasteiger partial charge in [0.15, 0.2) is 0 Å². The van der Waals surface area contributed by atoms with Crippen LogP contribution >= 0.6 is 0 Å². The van der Waals surface area contributed by atoms with Crippen molar-refractivity contribution in [3.05, 3.63) is 23.8 Å². The fraction of sp³-hybridized carbons (Fsp3) is 0.833. The minimum atomic E-state index is -0.277. The Labute approximate surface area is 191 Å². The van der Waals surface area contributed by atoms with Crippen molar-refractivity contribution in [2.45, 2.75) is 100 Å². The van der Waals surface area contributed by atoms with E-state index in [-0.39, 0.29) is 21.7 Å². The van der Waals surface area contributed by atoms with Gasteiger partial charge in [0.25, 0.3) is 0 Å². The average molecular weight is 423 g/mol. The number of allylic oxidation sites excluding steroid dienone is 4. The molecule has 0 aliphatic heterocycles. The summed E-state index contributed by atoms with van der Waals surface area (Å²) >= 11 is 0. The van der Waals surface area contributed by atoms with Crippen LogP contribution in [-0.4, -0.2) is 5.78 Å². The monoisotopic (exact) mass is 422 g/mol. The summed E-state index contributed by atoms with van der Waals surface area (Å²) in [5.41, 5.74) is 2.30. The summed E-state index contributed by atoms with van der Waals surface area (Å²) in [5.74, 6) is 4.39. The molecule has 0 aromatic heterocycles. The van der Waals surface area contributed by atoms with Crippen molar-refractivity contribution < 1.29 is 4.79 Å². The van der Waals surface area contributed by atoms with Crippen LogP contribution in [0.25, 0.3) is 0 Å². The standard InChI is InChI=1S/C30H46O/c1-19-11-14-27(5)17-18-29(7)21(25(27)20(19)2)9-10-23-28(6)15-13-24(31)26(3,4)22(28)12-16-30(23,29)8/h12,17-21,23,25H,9-11,13-16H2,1-8H3/t19-,20+,21-,23-,25+,27-,28+,29-,30-/m1/s1. The Kier molecular flexibility index (Phi) is 4.52. The molecule has 9 atom stereocenters. The van der Waals surface area contributed by atoms with Gasteiger partial charge in [0, 0.05) is 11.8 Å². The molecule has 0 N–H and O–H groups in total. The Hall–Kier alpha value is -0.850. The van der Waals surface area contributed by atoms with E-state index < -0.39 is 0 Å². The first-order chi connectivity index (χ1) is 14.3. The summed E-state index contributed by atoms with van der Waals surface area (Å²) in [6, 6.07) is 0. The van der Waals surface area contributed by atoms with Crippen LogP contribution in [0.4, 0.5) is 0 Å². The van der Waals surface area contributed by atoms with Crippen LogP contribution in [0.3, 0.4) is 0 Å². The van der Waals surface area contributed by atoms with Crippen molar-refractivity contribution >= 4 is 5.78 Å². The predicted molar refractivity (Wildman–Crippen MR) is 130 cm³/mol. The van der Waals surface area contributed by atoms with Gasteiger partial charge in [0.2, 0.25) is 0 Å². The first-order valence-corrected chi connectivity index (χ1v) is 13.3. The molecule has 0 unspecified atom stereocenters. The Balaban J connectivity index is 1.62. The highest BCUT2D eigenvalue weighted by atomic mass is 16.1. The Morgan fingerprint density at radius 1 is 0.903 bits per heavy atom. The van der Waals surface area contributed by atoms with Crippen molar-refractivity contribution in [2.75, 3.05) is 0 Å². The second-order valence-corrected chi connectivity index (χ2v) is 14.0. The summed E-state index contributed by atoms with van der Waals surface area (Å²) in [4.78, 5) is 12.9. The molecule has 0 aromatic rings. The minimum absolute atomic E-state index is 0.179. The number of Topliss-reactive ketones (excluding diaryl/α,β-unsaturated/α-hetero) is 1. The van der Waals surface area contributed by atoms with Crippen molar-refractivity contribution in [2.24, 2.45) is 56.7 Å². The van der Waals surface area contributed by atoms with Crippen molar-refractivity contribution in [3.8, 4) is 0 Å². The topological polar surface area (TPSA) is 17.1 Å². The van der Waals surface area contributed by atoms with Gasteiger partial charge in [-0.3, -0.25) is 4.79 Å². The van der Waals surface area contributed by atoms with E-state index in [1.54, 1.807) is 0 Å². The zero-order valence-corrected chi connectivity index (χ0v) is 21.5. The molecule has 5 rings (SSSR count). The summed E-state index contributed by atoms with van der Waals surface area (Å²) < 4.78 is 0. The van der Waals surface area contributed by atoms with E-state index in [1.807, 2.05) is 0 Å². The van der Waals surface area contributed by atoms with Crippen molar-refractivity contribution in [1.29, 1.82) is 0 Å². The third-order valence-corrected chi connectivity index (χ3v) is 12.5. The van der Waals surface area contributed by atoms with E-state index in [4.69, 9.17) is 0 Å². The highest BCUT2D eigenvalue weighted by Crippen LogP contribution is 2.74. The summed E-state index contributed by atoms with van der Waals surface area (Å²) in [6.45, 7) is 19.8. The van der Waals surface area contributed by atoms with Crippen molar-refractivity contribution in [1.82, 2.24) is 0 Å². The Bertz CT molecular complexity index is 862. The predicted octanol–water partition coefficient (Wildman–Crippen LogP) is 8.01. The zero-order chi connectivity index (χ0) is 22.6. The molecule has 0 radical (unpaired) electrons. The van der Waals surface area contributed by atoms with Crippen LogP contribution in [0.1, 0.15) is 100 Å². The molecule has 0 bridgehead atoms. The quantitative estimate of drug-likeness (QED) is 0.361. The molecule has 3 fully saturated rings. The summed E-state index contributed by atoms with van der Waals surface area (Å²) in [5, 5.41) is 0. The fourth-order valence-corrected chi connectivity index (χ4v) is 10.2. The molecule has 31 heavy (non-hydrogen) atoms. The highest BCUT2D eigenvalue weighted by Gasteiger charge is 2.67. The summed E-state index contributed by atoms with van der Waals surface area (Å²) in [6.07, 6.45) is 16.4. The van der Waals surface area contributed by atoms with Gasteiger partial charge in [-0.2, -0.15) is 0 Å². The first-order valence-electron chi connectivity index (χ1n) is 13.3. The van der Waals surface area contributed by atoms with E-state index in [0.29, 0.717) is 17.1 Å². The summed E-state index contributed by atoms with van der Waals surface area (Å²) in [7, 11) is 0. The third-order valence-electron chi connectivity index (χ3n) is 12.5. The average Bonchev–Trinajstić information content (AvgIpc) is 2.69. The number of hydrogen-bond donors (Lipinski definition) is 0. The molecule has 0 saturated heterocycles. The van der Waals surface area contributed by atoms with Crippen molar-refractivity contribution in [3.63, 3.8) is 0 Å². The minimum Gasteiger partial charge on any atom is -0.299 e. The van der Waals surface area contributed by atoms with Crippen LogP contribution in [-0.2, 0) is 4.79 Å². The molecule has 0 aromatic carbocycles. The maximum Gasteiger partial charge on any atom is 0.142 e. The molecular formula is C30H46O. The van der Waals surface area contributed by atoms with Gasteiger partial charge >= 0.3 is 0 Å². The Morgan fingerprint density at radius 3 is 2.32 bits per heavy atom. The van der Waals surface area contributed by atoms with Crippen LogP contribution < -0.4 is 0 Å². The molecule has 1 heteroatoms. The zero-order valence-electron chi connectivity index (χ0n) is 21.5.